The lowest BCUT2D eigenvalue weighted by Crippen LogP contribution is -2.48. The molecule has 1 fully saturated rings. The number of carbonyl (C=O) groups is 1. The van der Waals surface area contributed by atoms with Crippen molar-refractivity contribution in [1.82, 2.24) is 4.90 Å². The third-order valence-corrected chi connectivity index (χ3v) is 3.03. The lowest BCUT2D eigenvalue weighted by atomic mass is 10.1. The van der Waals surface area contributed by atoms with Crippen molar-refractivity contribution in [2.75, 3.05) is 19.6 Å². The number of ether oxygens (including phenoxy) is 1. The van der Waals surface area contributed by atoms with Crippen molar-refractivity contribution in [2.45, 2.75) is 19.1 Å². The second-order valence-electron chi connectivity index (χ2n) is 4.49. The topological polar surface area (TPSA) is 55.6 Å². The van der Waals surface area contributed by atoms with Crippen LogP contribution in [0.15, 0.2) is 24.3 Å². The number of carbonyl (C=O) groups excluding carboxylic acids is 1. The molecule has 0 aliphatic carbocycles. The molecule has 2 N–H and O–H groups in total. The predicted octanol–water partition coefficient (Wildman–Crippen LogP) is 1.49. The highest BCUT2D eigenvalue weighted by atomic mass is 35.5. The zero-order valence-electron chi connectivity index (χ0n) is 10.7. The maximum atomic E-state index is 12.9. The van der Waals surface area contributed by atoms with Crippen molar-refractivity contribution in [3.8, 4) is 0 Å². The summed E-state index contributed by atoms with van der Waals surface area (Å²) in [6.45, 7) is 2.93. The first-order valence-electron chi connectivity index (χ1n) is 5.99. The van der Waals surface area contributed by atoms with Gasteiger partial charge in [0.1, 0.15) is 11.9 Å². The number of nitrogens with two attached hydrogens (primary N) is 1. The SMILES string of the molecule is CC1CN(C(=O)CN)CC(c2ccc(F)cc2)O1.Cl. The first kappa shape index (κ1) is 15.9. The summed E-state index contributed by atoms with van der Waals surface area (Å²) >= 11 is 0. The van der Waals surface area contributed by atoms with Crippen LogP contribution in [0.3, 0.4) is 0 Å². The number of hydrogen-bond acceptors (Lipinski definition) is 3. The van der Waals surface area contributed by atoms with Gasteiger partial charge in [-0.3, -0.25) is 4.79 Å². The minimum absolute atomic E-state index is 0. The Balaban J connectivity index is 0.00000180. The van der Waals surface area contributed by atoms with Crippen LogP contribution in [0.25, 0.3) is 0 Å². The second kappa shape index (κ2) is 6.84. The van der Waals surface area contributed by atoms with Crippen LogP contribution >= 0.6 is 12.4 Å². The number of halogens is 2. The van der Waals surface area contributed by atoms with E-state index in [0.29, 0.717) is 13.1 Å². The van der Waals surface area contributed by atoms with Gasteiger partial charge in [-0.05, 0) is 24.6 Å². The van der Waals surface area contributed by atoms with Crippen LogP contribution in [0.5, 0.6) is 0 Å². The molecule has 2 rings (SSSR count). The van der Waals surface area contributed by atoms with Gasteiger partial charge in [0, 0.05) is 6.54 Å². The Bertz CT molecular complexity index is 427. The summed E-state index contributed by atoms with van der Waals surface area (Å²) in [5.74, 6) is -0.366. The minimum Gasteiger partial charge on any atom is -0.367 e. The molecule has 1 aromatic carbocycles. The van der Waals surface area contributed by atoms with Crippen LogP contribution in [-0.4, -0.2) is 36.5 Å². The Kier molecular flexibility index (Phi) is 5.72. The van der Waals surface area contributed by atoms with E-state index in [0.717, 1.165) is 5.56 Å². The van der Waals surface area contributed by atoms with Gasteiger partial charge in [0.25, 0.3) is 0 Å². The third-order valence-electron chi connectivity index (χ3n) is 3.03. The Morgan fingerprint density at radius 2 is 2.05 bits per heavy atom. The van der Waals surface area contributed by atoms with Crippen LogP contribution < -0.4 is 5.73 Å². The normalized spacial score (nSPS) is 22.8. The standard InChI is InChI=1S/C13H17FN2O2.ClH/c1-9-7-16(13(17)6-15)8-12(18-9)10-2-4-11(14)5-3-10;/h2-5,9,12H,6-8,15H2,1H3;1H. The highest BCUT2D eigenvalue weighted by molar-refractivity contribution is 5.85. The summed E-state index contributed by atoms with van der Waals surface area (Å²) in [5.41, 5.74) is 6.24. The second-order valence-corrected chi connectivity index (χ2v) is 4.49. The molecule has 1 saturated heterocycles. The lowest BCUT2D eigenvalue weighted by Gasteiger charge is -2.36. The molecule has 2 unspecified atom stereocenters. The molecule has 1 heterocycles. The smallest absolute Gasteiger partial charge is 0.236 e. The molecule has 0 spiro atoms. The maximum Gasteiger partial charge on any atom is 0.236 e. The van der Waals surface area contributed by atoms with E-state index in [9.17, 15) is 9.18 Å². The lowest BCUT2D eigenvalue weighted by molar-refractivity contribution is -0.143. The van der Waals surface area contributed by atoms with Crippen molar-refractivity contribution >= 4 is 18.3 Å². The van der Waals surface area contributed by atoms with E-state index in [2.05, 4.69) is 0 Å². The maximum absolute atomic E-state index is 12.9. The number of morpholine rings is 1. The van der Waals surface area contributed by atoms with E-state index in [1.165, 1.54) is 12.1 Å². The summed E-state index contributed by atoms with van der Waals surface area (Å²) in [4.78, 5) is 13.3. The minimum atomic E-state index is -0.280. The Labute approximate surface area is 118 Å². The van der Waals surface area contributed by atoms with Crippen molar-refractivity contribution in [3.05, 3.63) is 35.6 Å². The molecular weight excluding hydrogens is 271 g/mol. The van der Waals surface area contributed by atoms with Crippen molar-refractivity contribution in [2.24, 2.45) is 5.73 Å². The van der Waals surface area contributed by atoms with E-state index in [-0.39, 0.29) is 42.9 Å². The quantitative estimate of drug-likeness (QED) is 0.897. The van der Waals surface area contributed by atoms with Crippen molar-refractivity contribution in [3.63, 3.8) is 0 Å². The number of benzene rings is 1. The van der Waals surface area contributed by atoms with Crippen LogP contribution in [0.4, 0.5) is 4.39 Å². The molecule has 1 aliphatic heterocycles. The Hall–Kier alpha value is -1.17. The van der Waals surface area contributed by atoms with Crippen molar-refractivity contribution in [1.29, 1.82) is 0 Å². The number of nitrogens with zero attached hydrogens (tertiary/aromatic N) is 1. The van der Waals surface area contributed by atoms with E-state index in [1.54, 1.807) is 17.0 Å². The van der Waals surface area contributed by atoms with Gasteiger partial charge < -0.3 is 15.4 Å². The summed E-state index contributed by atoms with van der Waals surface area (Å²) in [6.07, 6.45) is -0.269. The molecular formula is C13H18ClFN2O2. The van der Waals surface area contributed by atoms with Gasteiger partial charge in [0.15, 0.2) is 0 Å². The molecule has 1 aromatic rings. The largest absolute Gasteiger partial charge is 0.367 e. The molecule has 19 heavy (non-hydrogen) atoms. The van der Waals surface area contributed by atoms with Gasteiger partial charge >= 0.3 is 0 Å². The van der Waals surface area contributed by atoms with Crippen LogP contribution in [-0.2, 0) is 9.53 Å². The fourth-order valence-electron chi connectivity index (χ4n) is 2.15. The number of rotatable bonds is 2. The molecule has 0 bridgehead atoms. The Morgan fingerprint density at radius 1 is 1.42 bits per heavy atom. The zero-order valence-corrected chi connectivity index (χ0v) is 11.5. The molecule has 4 nitrogen and oxygen atoms in total. The predicted molar refractivity (Wildman–Crippen MR) is 72.6 cm³/mol. The molecule has 106 valence electrons. The van der Waals surface area contributed by atoms with Gasteiger partial charge in [-0.25, -0.2) is 4.39 Å². The van der Waals surface area contributed by atoms with Gasteiger partial charge in [0.05, 0.1) is 19.2 Å². The molecule has 1 amide bonds. The average molecular weight is 289 g/mol. The van der Waals surface area contributed by atoms with Crippen LogP contribution in [0, 0.1) is 5.82 Å². The van der Waals surface area contributed by atoms with Crippen molar-refractivity contribution < 1.29 is 13.9 Å². The van der Waals surface area contributed by atoms with Gasteiger partial charge in [-0.1, -0.05) is 12.1 Å². The summed E-state index contributed by atoms with van der Waals surface area (Å²) in [6, 6.07) is 6.16. The molecule has 0 aromatic heterocycles. The van der Waals surface area contributed by atoms with Crippen LogP contribution in [0.2, 0.25) is 0 Å². The first-order chi connectivity index (χ1) is 8.60. The summed E-state index contributed by atoms with van der Waals surface area (Å²) in [5, 5.41) is 0. The summed E-state index contributed by atoms with van der Waals surface area (Å²) in [7, 11) is 0. The van der Waals surface area contributed by atoms with E-state index < -0.39 is 0 Å². The summed E-state index contributed by atoms with van der Waals surface area (Å²) < 4.78 is 18.6. The fraction of sp³-hybridized carbons (Fsp3) is 0.462. The number of amides is 1. The van der Waals surface area contributed by atoms with E-state index in [4.69, 9.17) is 10.5 Å². The van der Waals surface area contributed by atoms with Gasteiger partial charge in [0.2, 0.25) is 5.91 Å². The van der Waals surface area contributed by atoms with Gasteiger partial charge in [-0.15, -0.1) is 12.4 Å². The fourth-order valence-corrected chi connectivity index (χ4v) is 2.15. The average Bonchev–Trinajstić information content (AvgIpc) is 2.38. The molecule has 0 saturated carbocycles. The molecule has 0 radical (unpaired) electrons. The monoisotopic (exact) mass is 288 g/mol. The molecule has 2 atom stereocenters. The van der Waals surface area contributed by atoms with Crippen LogP contribution in [0.1, 0.15) is 18.6 Å². The number of hydrogen-bond donors (Lipinski definition) is 1. The highest BCUT2D eigenvalue weighted by Crippen LogP contribution is 2.25. The van der Waals surface area contributed by atoms with Gasteiger partial charge in [-0.2, -0.15) is 0 Å². The van der Waals surface area contributed by atoms with E-state index in [1.807, 2.05) is 6.92 Å². The molecule has 1 aliphatic rings. The van der Waals surface area contributed by atoms with E-state index >= 15 is 0 Å². The third kappa shape index (κ3) is 3.89. The Morgan fingerprint density at radius 3 is 2.63 bits per heavy atom. The first-order valence-corrected chi connectivity index (χ1v) is 5.99. The zero-order chi connectivity index (χ0) is 13.1. The highest BCUT2D eigenvalue weighted by Gasteiger charge is 2.28. The molecule has 6 heteroatoms.